The first-order chi connectivity index (χ1) is 7.47. The molecule has 1 rings (SSSR count). The molecule has 0 atom stereocenters. The smallest absolute Gasteiger partial charge is 0.123 e. The number of hydrogen-bond donors (Lipinski definition) is 0. The van der Waals surface area contributed by atoms with Gasteiger partial charge < -0.3 is 0 Å². The van der Waals surface area contributed by atoms with Crippen LogP contribution in [0.25, 0.3) is 0 Å². The van der Waals surface area contributed by atoms with Crippen LogP contribution in [-0.4, -0.2) is 0 Å². The molecule has 0 aliphatic carbocycles. The predicted molar refractivity (Wildman–Crippen MR) is 68.5 cm³/mol. The van der Waals surface area contributed by atoms with Gasteiger partial charge in [0.05, 0.1) is 0 Å². The Morgan fingerprint density at radius 1 is 1.12 bits per heavy atom. The third kappa shape index (κ3) is 2.72. The summed E-state index contributed by atoms with van der Waals surface area (Å²) in [7, 11) is 0. The van der Waals surface area contributed by atoms with Crippen LogP contribution in [0.1, 0.15) is 56.2 Å². The summed E-state index contributed by atoms with van der Waals surface area (Å²) in [6.45, 7) is 12.2. The molecule has 0 fully saturated rings. The van der Waals surface area contributed by atoms with Crippen LogP contribution in [0.4, 0.5) is 4.39 Å². The van der Waals surface area contributed by atoms with Gasteiger partial charge in [-0.2, -0.15) is 0 Å². The van der Waals surface area contributed by atoms with Crippen molar-refractivity contribution in [2.75, 3.05) is 0 Å². The molecule has 0 radical (unpaired) electrons. The Balaban J connectivity index is 3.40. The van der Waals surface area contributed by atoms with Crippen molar-refractivity contribution in [1.29, 1.82) is 0 Å². The summed E-state index contributed by atoms with van der Waals surface area (Å²) in [6.07, 6.45) is 2.71. The Kier molecular flexibility index (Phi) is 4.28. The van der Waals surface area contributed by atoms with Gasteiger partial charge in [0.15, 0.2) is 0 Å². The molecular weight excluding hydrogens is 199 g/mol. The van der Waals surface area contributed by atoms with Crippen molar-refractivity contribution in [3.8, 4) is 0 Å². The fraction of sp³-hybridized carbons (Fsp3) is 0.467. The summed E-state index contributed by atoms with van der Waals surface area (Å²) in [5, 5.41) is 0. The van der Waals surface area contributed by atoms with Gasteiger partial charge in [-0.3, -0.25) is 0 Å². The number of benzene rings is 1. The van der Waals surface area contributed by atoms with E-state index in [-0.39, 0.29) is 5.82 Å². The lowest BCUT2D eigenvalue weighted by Gasteiger charge is -2.19. The van der Waals surface area contributed by atoms with E-state index in [1.54, 1.807) is 12.1 Å². The highest BCUT2D eigenvalue weighted by Crippen LogP contribution is 2.29. The minimum Gasteiger partial charge on any atom is -0.207 e. The SMILES string of the molecule is C=CCc1c(C(C)C)cc(F)cc1C(C)C. The average Bonchev–Trinajstić information content (AvgIpc) is 2.19. The third-order valence-corrected chi connectivity index (χ3v) is 2.88. The minimum absolute atomic E-state index is 0.125. The van der Waals surface area contributed by atoms with E-state index in [2.05, 4.69) is 34.3 Å². The van der Waals surface area contributed by atoms with Crippen molar-refractivity contribution in [3.05, 3.63) is 47.3 Å². The molecule has 0 saturated heterocycles. The highest BCUT2D eigenvalue weighted by molar-refractivity contribution is 5.40. The first-order valence-electron chi connectivity index (χ1n) is 5.90. The van der Waals surface area contributed by atoms with Crippen LogP contribution in [0.2, 0.25) is 0 Å². The minimum atomic E-state index is -0.125. The Hall–Kier alpha value is -1.11. The molecule has 1 aromatic rings. The zero-order valence-electron chi connectivity index (χ0n) is 10.7. The molecule has 0 bridgehead atoms. The molecule has 1 heteroatoms. The molecular formula is C15H21F. The van der Waals surface area contributed by atoms with E-state index in [1.807, 2.05) is 6.08 Å². The van der Waals surface area contributed by atoms with E-state index in [9.17, 15) is 4.39 Å². The van der Waals surface area contributed by atoms with Crippen molar-refractivity contribution in [1.82, 2.24) is 0 Å². The summed E-state index contributed by atoms with van der Waals surface area (Å²) in [5.74, 6) is 0.575. The van der Waals surface area contributed by atoms with Crippen LogP contribution < -0.4 is 0 Å². The summed E-state index contributed by atoms with van der Waals surface area (Å²) in [6, 6.07) is 3.32. The van der Waals surface area contributed by atoms with E-state index < -0.39 is 0 Å². The van der Waals surface area contributed by atoms with Crippen LogP contribution in [-0.2, 0) is 6.42 Å². The van der Waals surface area contributed by atoms with Crippen molar-refractivity contribution in [3.63, 3.8) is 0 Å². The quantitative estimate of drug-likeness (QED) is 0.639. The molecule has 16 heavy (non-hydrogen) atoms. The standard InChI is InChI=1S/C15H21F/c1-6-7-13-14(10(2)3)8-12(16)9-15(13)11(4)5/h6,8-11H,1,7H2,2-5H3. The largest absolute Gasteiger partial charge is 0.207 e. The van der Waals surface area contributed by atoms with E-state index in [1.165, 1.54) is 5.56 Å². The molecule has 0 amide bonds. The normalized spacial score (nSPS) is 11.2. The Bertz CT molecular complexity index is 346. The molecule has 0 N–H and O–H groups in total. The van der Waals surface area contributed by atoms with E-state index >= 15 is 0 Å². The molecule has 0 spiro atoms. The van der Waals surface area contributed by atoms with Gasteiger partial charge in [0.1, 0.15) is 5.82 Å². The maximum atomic E-state index is 13.5. The van der Waals surface area contributed by atoms with Gasteiger partial charge in [-0.1, -0.05) is 33.8 Å². The van der Waals surface area contributed by atoms with Crippen LogP contribution in [0.5, 0.6) is 0 Å². The average molecular weight is 220 g/mol. The lowest BCUT2D eigenvalue weighted by Crippen LogP contribution is -2.04. The van der Waals surface area contributed by atoms with Gasteiger partial charge in [-0.15, -0.1) is 6.58 Å². The molecule has 0 saturated carbocycles. The second-order valence-corrected chi connectivity index (χ2v) is 4.86. The maximum Gasteiger partial charge on any atom is 0.123 e. The van der Waals surface area contributed by atoms with Gasteiger partial charge in [0.2, 0.25) is 0 Å². The fourth-order valence-corrected chi connectivity index (χ4v) is 2.09. The van der Waals surface area contributed by atoms with E-state index in [4.69, 9.17) is 0 Å². The summed E-state index contributed by atoms with van der Waals surface area (Å²) in [4.78, 5) is 0. The Labute approximate surface area is 98.2 Å². The molecule has 0 nitrogen and oxygen atoms in total. The molecule has 1 aromatic carbocycles. The maximum absolute atomic E-state index is 13.5. The second-order valence-electron chi connectivity index (χ2n) is 4.86. The monoisotopic (exact) mass is 220 g/mol. The molecule has 0 aliphatic rings. The topological polar surface area (TPSA) is 0 Å². The summed E-state index contributed by atoms with van der Waals surface area (Å²) in [5.41, 5.74) is 3.48. The summed E-state index contributed by atoms with van der Waals surface area (Å²) >= 11 is 0. The van der Waals surface area contributed by atoms with Crippen molar-refractivity contribution < 1.29 is 4.39 Å². The van der Waals surface area contributed by atoms with Gasteiger partial charge in [0.25, 0.3) is 0 Å². The number of rotatable bonds is 4. The van der Waals surface area contributed by atoms with Gasteiger partial charge in [0, 0.05) is 0 Å². The van der Waals surface area contributed by atoms with Crippen molar-refractivity contribution >= 4 is 0 Å². The van der Waals surface area contributed by atoms with Gasteiger partial charge in [-0.05, 0) is 47.1 Å². The van der Waals surface area contributed by atoms with Crippen LogP contribution in [0.15, 0.2) is 24.8 Å². The molecule has 0 aliphatic heterocycles. The molecule has 88 valence electrons. The number of halogens is 1. The molecule has 0 unspecified atom stereocenters. The van der Waals surface area contributed by atoms with Gasteiger partial charge in [-0.25, -0.2) is 4.39 Å². The summed E-state index contributed by atoms with van der Waals surface area (Å²) < 4.78 is 13.5. The Morgan fingerprint density at radius 3 is 1.88 bits per heavy atom. The first-order valence-corrected chi connectivity index (χ1v) is 5.90. The highest BCUT2D eigenvalue weighted by Gasteiger charge is 2.14. The van der Waals surface area contributed by atoms with E-state index in [0.717, 1.165) is 17.5 Å². The van der Waals surface area contributed by atoms with Crippen molar-refractivity contribution in [2.45, 2.75) is 46.0 Å². The number of hydrogen-bond acceptors (Lipinski definition) is 0. The third-order valence-electron chi connectivity index (χ3n) is 2.88. The lowest BCUT2D eigenvalue weighted by atomic mass is 9.87. The van der Waals surface area contributed by atoms with Crippen molar-refractivity contribution in [2.24, 2.45) is 0 Å². The predicted octanol–water partition coefficient (Wildman–Crippen LogP) is 4.80. The highest BCUT2D eigenvalue weighted by atomic mass is 19.1. The fourth-order valence-electron chi connectivity index (χ4n) is 2.09. The number of allylic oxidation sites excluding steroid dienone is 1. The zero-order valence-corrected chi connectivity index (χ0v) is 10.7. The van der Waals surface area contributed by atoms with Crippen LogP contribution in [0, 0.1) is 5.82 Å². The zero-order chi connectivity index (χ0) is 12.3. The second kappa shape index (κ2) is 5.29. The lowest BCUT2D eigenvalue weighted by molar-refractivity contribution is 0.616. The molecule has 0 heterocycles. The first kappa shape index (κ1) is 13.0. The van der Waals surface area contributed by atoms with Crippen LogP contribution >= 0.6 is 0 Å². The Morgan fingerprint density at radius 2 is 1.56 bits per heavy atom. The van der Waals surface area contributed by atoms with E-state index in [0.29, 0.717) is 11.8 Å². The van der Waals surface area contributed by atoms with Gasteiger partial charge >= 0.3 is 0 Å². The molecule has 0 aromatic heterocycles. The van der Waals surface area contributed by atoms with Crippen LogP contribution in [0.3, 0.4) is 0 Å².